The van der Waals surface area contributed by atoms with Gasteiger partial charge in [-0.05, 0) is 11.6 Å². The number of rotatable bonds is 4. The average molecular weight is 193 g/mol. The Kier molecular flexibility index (Phi) is 4.07. The number of aromatic nitrogens is 1. The van der Waals surface area contributed by atoms with Crippen molar-refractivity contribution in [2.45, 2.75) is 6.54 Å². The van der Waals surface area contributed by atoms with Crippen LogP contribution in [0.15, 0.2) is 24.5 Å². The van der Waals surface area contributed by atoms with Crippen molar-refractivity contribution in [1.29, 1.82) is 0 Å². The number of hydrogen-bond acceptors (Lipinski definition) is 3. The molecular weight excluding hydrogens is 178 g/mol. The van der Waals surface area contributed by atoms with E-state index < -0.39 is 0 Å². The van der Waals surface area contributed by atoms with Gasteiger partial charge in [0, 0.05) is 33.0 Å². The van der Waals surface area contributed by atoms with Gasteiger partial charge in [0.1, 0.15) is 0 Å². The summed E-state index contributed by atoms with van der Waals surface area (Å²) in [6.45, 7) is 1.04. The van der Waals surface area contributed by atoms with Crippen LogP contribution in [0.3, 0.4) is 0 Å². The number of hydrogen-bond donors (Lipinski definition) is 1. The molecule has 1 aromatic heterocycles. The molecule has 0 spiro atoms. The van der Waals surface area contributed by atoms with Gasteiger partial charge in [-0.2, -0.15) is 0 Å². The lowest BCUT2D eigenvalue weighted by atomic mass is 10.3. The molecule has 0 aromatic carbocycles. The van der Waals surface area contributed by atoms with Crippen molar-refractivity contribution < 1.29 is 4.79 Å². The second-order valence-corrected chi connectivity index (χ2v) is 3.25. The molecule has 14 heavy (non-hydrogen) atoms. The number of amides is 1. The van der Waals surface area contributed by atoms with Crippen molar-refractivity contribution in [2.24, 2.45) is 0 Å². The molecule has 0 saturated heterocycles. The Morgan fingerprint density at radius 2 is 2.36 bits per heavy atom. The van der Waals surface area contributed by atoms with E-state index in [-0.39, 0.29) is 5.91 Å². The number of carbonyl (C=O) groups excluding carboxylic acids is 1. The molecule has 1 rings (SSSR count). The Labute approximate surface area is 83.9 Å². The fourth-order valence-electron chi connectivity index (χ4n) is 0.975. The largest absolute Gasteiger partial charge is 0.348 e. The summed E-state index contributed by atoms with van der Waals surface area (Å²) >= 11 is 0. The molecule has 0 radical (unpaired) electrons. The van der Waals surface area contributed by atoms with Gasteiger partial charge >= 0.3 is 0 Å². The molecule has 0 aliphatic carbocycles. The van der Waals surface area contributed by atoms with Crippen LogP contribution in [0.25, 0.3) is 0 Å². The first kappa shape index (κ1) is 10.7. The van der Waals surface area contributed by atoms with Crippen molar-refractivity contribution in [1.82, 2.24) is 15.2 Å². The molecule has 4 heteroatoms. The van der Waals surface area contributed by atoms with Crippen LogP contribution in [0.2, 0.25) is 0 Å². The van der Waals surface area contributed by atoms with E-state index in [0.717, 1.165) is 5.56 Å². The molecule has 0 fully saturated rings. The predicted molar refractivity (Wildman–Crippen MR) is 54.6 cm³/mol. The van der Waals surface area contributed by atoms with Crippen LogP contribution in [-0.2, 0) is 11.3 Å². The molecule has 0 aliphatic heterocycles. The highest BCUT2D eigenvalue weighted by atomic mass is 16.2. The lowest BCUT2D eigenvalue weighted by Gasteiger charge is -2.10. The summed E-state index contributed by atoms with van der Waals surface area (Å²) in [6, 6.07) is 3.85. The van der Waals surface area contributed by atoms with Crippen LogP contribution in [0.4, 0.5) is 0 Å². The van der Waals surface area contributed by atoms with Gasteiger partial charge in [-0.1, -0.05) is 6.07 Å². The number of pyridine rings is 1. The van der Waals surface area contributed by atoms with Gasteiger partial charge in [0.15, 0.2) is 0 Å². The summed E-state index contributed by atoms with van der Waals surface area (Å²) in [6.07, 6.45) is 3.52. The van der Waals surface area contributed by atoms with Crippen molar-refractivity contribution in [3.8, 4) is 0 Å². The molecule has 1 N–H and O–H groups in total. The summed E-state index contributed by atoms with van der Waals surface area (Å²) in [7, 11) is 3.49. The van der Waals surface area contributed by atoms with Crippen LogP contribution >= 0.6 is 0 Å². The lowest BCUT2D eigenvalue weighted by Crippen LogP contribution is -2.32. The molecule has 76 valence electrons. The minimum atomic E-state index is 0.0777. The number of likely N-dealkylation sites (N-methyl/N-ethyl adjacent to an activating group) is 1. The fraction of sp³-hybridized carbons (Fsp3) is 0.400. The third kappa shape index (κ3) is 3.53. The highest BCUT2D eigenvalue weighted by Crippen LogP contribution is 1.93. The molecule has 4 nitrogen and oxygen atoms in total. The molecule has 0 saturated carbocycles. The molecular formula is C10H15N3O. The van der Waals surface area contributed by atoms with Crippen molar-refractivity contribution in [3.05, 3.63) is 30.1 Å². The van der Waals surface area contributed by atoms with Crippen LogP contribution in [0.1, 0.15) is 5.56 Å². The van der Waals surface area contributed by atoms with E-state index in [4.69, 9.17) is 0 Å². The van der Waals surface area contributed by atoms with Gasteiger partial charge in [0.25, 0.3) is 0 Å². The Hall–Kier alpha value is -1.42. The van der Waals surface area contributed by atoms with Crippen molar-refractivity contribution in [3.63, 3.8) is 0 Å². The Morgan fingerprint density at radius 3 is 2.93 bits per heavy atom. The van der Waals surface area contributed by atoms with Crippen LogP contribution < -0.4 is 5.32 Å². The first-order valence-electron chi connectivity index (χ1n) is 4.50. The zero-order valence-corrected chi connectivity index (χ0v) is 8.53. The molecule has 1 amide bonds. The lowest BCUT2D eigenvalue weighted by molar-refractivity contribution is -0.127. The standard InChI is InChI=1S/C10H15N3O/c1-13(2)10(14)8-12-7-9-4-3-5-11-6-9/h3-6,12H,7-8H2,1-2H3. The van der Waals surface area contributed by atoms with E-state index in [2.05, 4.69) is 10.3 Å². The van der Waals surface area contributed by atoms with Gasteiger partial charge in [-0.25, -0.2) is 0 Å². The van der Waals surface area contributed by atoms with Crippen molar-refractivity contribution >= 4 is 5.91 Å². The zero-order valence-electron chi connectivity index (χ0n) is 8.53. The second kappa shape index (κ2) is 5.34. The maximum absolute atomic E-state index is 11.2. The zero-order chi connectivity index (χ0) is 10.4. The Morgan fingerprint density at radius 1 is 1.57 bits per heavy atom. The Bertz CT molecular complexity index is 285. The monoisotopic (exact) mass is 193 g/mol. The summed E-state index contributed by atoms with van der Waals surface area (Å²) in [5, 5.41) is 3.05. The highest BCUT2D eigenvalue weighted by Gasteiger charge is 2.01. The Balaban J connectivity index is 2.26. The second-order valence-electron chi connectivity index (χ2n) is 3.25. The molecule has 1 heterocycles. The number of nitrogens with zero attached hydrogens (tertiary/aromatic N) is 2. The molecule has 0 unspecified atom stereocenters. The highest BCUT2D eigenvalue weighted by molar-refractivity contribution is 5.77. The van der Waals surface area contributed by atoms with Crippen molar-refractivity contribution in [2.75, 3.05) is 20.6 Å². The molecule has 0 bridgehead atoms. The third-order valence-corrected chi connectivity index (χ3v) is 1.83. The van der Waals surface area contributed by atoms with E-state index in [1.54, 1.807) is 31.4 Å². The minimum Gasteiger partial charge on any atom is -0.348 e. The summed E-state index contributed by atoms with van der Waals surface area (Å²) in [5.74, 6) is 0.0777. The van der Waals surface area contributed by atoms with E-state index in [9.17, 15) is 4.79 Å². The summed E-state index contributed by atoms with van der Waals surface area (Å²) < 4.78 is 0. The third-order valence-electron chi connectivity index (χ3n) is 1.83. The van der Waals surface area contributed by atoms with E-state index in [0.29, 0.717) is 13.1 Å². The van der Waals surface area contributed by atoms with Gasteiger partial charge < -0.3 is 10.2 Å². The number of carbonyl (C=O) groups is 1. The quantitative estimate of drug-likeness (QED) is 0.746. The maximum Gasteiger partial charge on any atom is 0.236 e. The minimum absolute atomic E-state index is 0.0777. The van der Waals surface area contributed by atoms with Gasteiger partial charge in [-0.3, -0.25) is 9.78 Å². The smallest absolute Gasteiger partial charge is 0.236 e. The fourth-order valence-corrected chi connectivity index (χ4v) is 0.975. The van der Waals surface area contributed by atoms with Gasteiger partial charge in [-0.15, -0.1) is 0 Å². The normalized spacial score (nSPS) is 9.86. The summed E-state index contributed by atoms with van der Waals surface area (Å²) in [5.41, 5.74) is 1.08. The summed E-state index contributed by atoms with van der Waals surface area (Å²) in [4.78, 5) is 16.7. The van der Waals surface area contributed by atoms with Crippen LogP contribution in [-0.4, -0.2) is 36.4 Å². The molecule has 1 aromatic rings. The van der Waals surface area contributed by atoms with E-state index in [1.807, 2.05) is 12.1 Å². The SMILES string of the molecule is CN(C)C(=O)CNCc1cccnc1. The van der Waals surface area contributed by atoms with Gasteiger partial charge in [0.2, 0.25) is 5.91 Å². The van der Waals surface area contributed by atoms with Crippen LogP contribution in [0.5, 0.6) is 0 Å². The first-order valence-corrected chi connectivity index (χ1v) is 4.50. The number of nitrogens with one attached hydrogen (secondary N) is 1. The maximum atomic E-state index is 11.2. The van der Waals surface area contributed by atoms with E-state index >= 15 is 0 Å². The average Bonchev–Trinajstić information content (AvgIpc) is 2.19. The molecule has 0 atom stereocenters. The van der Waals surface area contributed by atoms with Crippen LogP contribution in [0, 0.1) is 0 Å². The molecule has 0 aliphatic rings. The first-order chi connectivity index (χ1) is 6.70. The van der Waals surface area contributed by atoms with E-state index in [1.165, 1.54) is 0 Å². The van der Waals surface area contributed by atoms with Gasteiger partial charge in [0.05, 0.1) is 6.54 Å². The predicted octanol–water partition coefficient (Wildman–Crippen LogP) is 0.259. The topological polar surface area (TPSA) is 45.2 Å².